The van der Waals surface area contributed by atoms with Crippen molar-refractivity contribution in [1.29, 1.82) is 0 Å². The van der Waals surface area contributed by atoms with Gasteiger partial charge in [0, 0.05) is 24.1 Å². The molecule has 1 saturated heterocycles. The fraction of sp³-hybridized carbons (Fsp3) is 0.833. The molecule has 1 radical (unpaired) electrons. The number of hydrogen-bond donors (Lipinski definition) is 1. The topological polar surface area (TPSA) is 12.0 Å². The Balaban J connectivity index is 2.13. The van der Waals surface area contributed by atoms with E-state index in [1.807, 2.05) is 11.8 Å². The van der Waals surface area contributed by atoms with E-state index in [2.05, 4.69) is 12.2 Å². The number of rotatable bonds is 1. The monoisotopic (exact) mass is 130 g/mol. The van der Waals surface area contributed by atoms with Crippen molar-refractivity contribution >= 4 is 11.8 Å². The van der Waals surface area contributed by atoms with Gasteiger partial charge in [0.2, 0.25) is 0 Å². The molecule has 0 aromatic heterocycles. The van der Waals surface area contributed by atoms with Gasteiger partial charge in [-0.1, -0.05) is 6.92 Å². The summed E-state index contributed by atoms with van der Waals surface area (Å²) in [6.07, 6.45) is 1.07. The van der Waals surface area contributed by atoms with Gasteiger partial charge in [0.1, 0.15) is 0 Å². The summed E-state index contributed by atoms with van der Waals surface area (Å²) in [6, 6.07) is 0. The van der Waals surface area contributed by atoms with E-state index in [0.717, 1.165) is 18.2 Å². The minimum atomic E-state index is 0.781. The smallest absolute Gasteiger partial charge is 0.0172 e. The molecule has 1 nitrogen and oxygen atoms in total. The second-order valence-corrected chi connectivity index (χ2v) is 3.39. The fourth-order valence-electron chi connectivity index (χ4n) is 0.805. The fourth-order valence-corrected chi connectivity index (χ4v) is 1.80. The molecule has 0 aliphatic carbocycles. The highest BCUT2D eigenvalue weighted by Gasteiger charge is 2.09. The first-order valence-electron chi connectivity index (χ1n) is 3.05. The Hall–Kier alpha value is 0.310. The van der Waals surface area contributed by atoms with Crippen molar-refractivity contribution in [2.24, 2.45) is 0 Å². The third-order valence-electron chi connectivity index (χ3n) is 1.33. The predicted octanol–water partition coefficient (Wildman–Crippen LogP) is 0.916. The Morgan fingerprint density at radius 2 is 2.62 bits per heavy atom. The lowest BCUT2D eigenvalue weighted by atomic mass is 10.3. The van der Waals surface area contributed by atoms with Gasteiger partial charge in [-0.25, -0.2) is 0 Å². The van der Waals surface area contributed by atoms with E-state index in [-0.39, 0.29) is 0 Å². The molecule has 0 amide bonds. The molecule has 1 atom stereocenters. The standard InChI is InChI=1S/C6H12NS/c1-2-6-5-7-3-4-8-6/h6-7H,1-5H2. The maximum absolute atomic E-state index is 3.85. The molecular weight excluding hydrogens is 118 g/mol. The molecule has 8 heavy (non-hydrogen) atoms. The van der Waals surface area contributed by atoms with Gasteiger partial charge in [-0.05, 0) is 6.42 Å². The van der Waals surface area contributed by atoms with Crippen LogP contribution >= 0.6 is 11.8 Å². The number of thioether (sulfide) groups is 1. The molecule has 0 bridgehead atoms. The highest BCUT2D eigenvalue weighted by atomic mass is 32.2. The number of nitrogens with one attached hydrogen (secondary N) is 1. The van der Waals surface area contributed by atoms with Crippen LogP contribution in [0.15, 0.2) is 0 Å². The molecule has 0 spiro atoms. The van der Waals surface area contributed by atoms with Gasteiger partial charge in [0.25, 0.3) is 0 Å². The molecule has 0 aromatic carbocycles. The summed E-state index contributed by atoms with van der Waals surface area (Å²) in [5.41, 5.74) is 0. The van der Waals surface area contributed by atoms with E-state index in [1.165, 1.54) is 12.3 Å². The van der Waals surface area contributed by atoms with E-state index in [9.17, 15) is 0 Å². The van der Waals surface area contributed by atoms with Crippen LogP contribution in [-0.2, 0) is 0 Å². The third kappa shape index (κ3) is 1.67. The summed E-state index contributed by atoms with van der Waals surface area (Å²) < 4.78 is 0. The van der Waals surface area contributed by atoms with E-state index in [4.69, 9.17) is 0 Å². The molecule has 0 aromatic rings. The molecule has 0 saturated carbocycles. The molecule has 1 aliphatic heterocycles. The van der Waals surface area contributed by atoms with Crippen molar-refractivity contribution in [3.05, 3.63) is 6.92 Å². The maximum Gasteiger partial charge on any atom is 0.0172 e. The molecule has 1 heterocycles. The van der Waals surface area contributed by atoms with Crippen LogP contribution in [0.4, 0.5) is 0 Å². The molecule has 2 heteroatoms. The summed E-state index contributed by atoms with van der Waals surface area (Å²) >= 11 is 2.04. The van der Waals surface area contributed by atoms with Gasteiger partial charge < -0.3 is 5.32 Å². The van der Waals surface area contributed by atoms with E-state index < -0.39 is 0 Å². The van der Waals surface area contributed by atoms with Crippen molar-refractivity contribution in [3.8, 4) is 0 Å². The maximum atomic E-state index is 3.85. The molecule has 1 rings (SSSR count). The molecule has 1 unspecified atom stereocenters. The van der Waals surface area contributed by atoms with Crippen LogP contribution in [0.1, 0.15) is 6.42 Å². The summed E-state index contributed by atoms with van der Waals surface area (Å²) in [7, 11) is 0. The first kappa shape index (κ1) is 6.43. The average molecular weight is 130 g/mol. The van der Waals surface area contributed by atoms with E-state index in [1.54, 1.807) is 0 Å². The zero-order chi connectivity index (χ0) is 5.82. The largest absolute Gasteiger partial charge is 0.315 e. The van der Waals surface area contributed by atoms with Crippen molar-refractivity contribution in [3.63, 3.8) is 0 Å². The highest BCUT2D eigenvalue weighted by Crippen LogP contribution is 2.15. The molecule has 47 valence electrons. The Kier molecular flexibility index (Phi) is 2.70. The highest BCUT2D eigenvalue weighted by molar-refractivity contribution is 8.00. The lowest BCUT2D eigenvalue weighted by Gasteiger charge is -2.20. The summed E-state index contributed by atoms with van der Waals surface area (Å²) in [6.45, 7) is 6.19. The van der Waals surface area contributed by atoms with Gasteiger partial charge in [-0.2, -0.15) is 11.8 Å². The summed E-state index contributed by atoms with van der Waals surface area (Å²) in [5.74, 6) is 1.26. The Labute approximate surface area is 55.2 Å². The van der Waals surface area contributed by atoms with Gasteiger partial charge >= 0.3 is 0 Å². The van der Waals surface area contributed by atoms with Crippen LogP contribution in [0, 0.1) is 6.92 Å². The first-order chi connectivity index (χ1) is 3.93. The second-order valence-electron chi connectivity index (χ2n) is 1.99. The lowest BCUT2D eigenvalue weighted by molar-refractivity contribution is 0.672. The second kappa shape index (κ2) is 3.36. The number of hydrogen-bond acceptors (Lipinski definition) is 2. The normalized spacial score (nSPS) is 30.4. The lowest BCUT2D eigenvalue weighted by Crippen LogP contribution is -2.32. The molecule has 1 aliphatic rings. The van der Waals surface area contributed by atoms with Crippen molar-refractivity contribution < 1.29 is 0 Å². The zero-order valence-corrected chi connectivity index (χ0v) is 5.84. The van der Waals surface area contributed by atoms with Crippen LogP contribution in [0.3, 0.4) is 0 Å². The first-order valence-corrected chi connectivity index (χ1v) is 4.10. The predicted molar refractivity (Wildman–Crippen MR) is 39.1 cm³/mol. The summed E-state index contributed by atoms with van der Waals surface area (Å²) in [4.78, 5) is 0. The van der Waals surface area contributed by atoms with Crippen LogP contribution in [0.25, 0.3) is 0 Å². The Bertz CT molecular complexity index is 59.5. The Morgan fingerprint density at radius 3 is 3.00 bits per heavy atom. The van der Waals surface area contributed by atoms with E-state index >= 15 is 0 Å². The van der Waals surface area contributed by atoms with E-state index in [0.29, 0.717) is 0 Å². The van der Waals surface area contributed by atoms with Crippen molar-refractivity contribution in [1.82, 2.24) is 5.32 Å². The molecular formula is C6H12NS. The van der Waals surface area contributed by atoms with Crippen LogP contribution < -0.4 is 5.32 Å². The van der Waals surface area contributed by atoms with Crippen molar-refractivity contribution in [2.45, 2.75) is 11.7 Å². The van der Waals surface area contributed by atoms with Crippen LogP contribution in [0.5, 0.6) is 0 Å². The quantitative estimate of drug-likeness (QED) is 0.566. The zero-order valence-electron chi connectivity index (χ0n) is 5.02. The van der Waals surface area contributed by atoms with Crippen LogP contribution in [0.2, 0.25) is 0 Å². The Morgan fingerprint density at radius 1 is 1.75 bits per heavy atom. The summed E-state index contributed by atoms with van der Waals surface area (Å²) in [5, 5.41) is 4.11. The molecule has 1 fully saturated rings. The minimum absolute atomic E-state index is 0.781. The third-order valence-corrected chi connectivity index (χ3v) is 2.64. The van der Waals surface area contributed by atoms with Gasteiger partial charge in [0.15, 0.2) is 0 Å². The van der Waals surface area contributed by atoms with Crippen molar-refractivity contribution in [2.75, 3.05) is 18.8 Å². The molecule has 1 N–H and O–H groups in total. The van der Waals surface area contributed by atoms with Gasteiger partial charge in [0.05, 0.1) is 0 Å². The van der Waals surface area contributed by atoms with Gasteiger partial charge in [-0.15, -0.1) is 0 Å². The minimum Gasteiger partial charge on any atom is -0.315 e. The van der Waals surface area contributed by atoms with Gasteiger partial charge in [-0.3, -0.25) is 0 Å². The average Bonchev–Trinajstić information content (AvgIpc) is 1.90. The SMILES string of the molecule is [CH2]CC1CNCCS1. The van der Waals surface area contributed by atoms with Crippen LogP contribution in [-0.4, -0.2) is 24.1 Å².